The summed E-state index contributed by atoms with van der Waals surface area (Å²) in [7, 11) is 8.88. The number of ether oxygens (including phenoxy) is 4. The summed E-state index contributed by atoms with van der Waals surface area (Å²) < 4.78 is 21.7. The van der Waals surface area contributed by atoms with Crippen LogP contribution in [0.4, 0.5) is 0 Å². The second kappa shape index (κ2) is 2.95. The van der Waals surface area contributed by atoms with Gasteiger partial charge in [0.15, 0.2) is 0 Å². The van der Waals surface area contributed by atoms with Crippen molar-refractivity contribution in [3.8, 4) is 0 Å². The van der Waals surface area contributed by atoms with E-state index in [0.717, 1.165) is 0 Å². The molecule has 0 aromatic heterocycles. The van der Waals surface area contributed by atoms with Crippen molar-refractivity contribution in [1.82, 2.24) is 0 Å². The summed E-state index contributed by atoms with van der Waals surface area (Å²) in [5.41, 5.74) is 0. The van der Waals surface area contributed by atoms with Crippen LogP contribution in [0.5, 0.6) is 0 Å². The van der Waals surface area contributed by atoms with Crippen LogP contribution in [-0.2, 0) is 18.9 Å². The van der Waals surface area contributed by atoms with Crippen molar-refractivity contribution >= 4 is 7.85 Å². The van der Waals surface area contributed by atoms with Crippen molar-refractivity contribution in [2.45, 2.75) is 37.0 Å². The van der Waals surface area contributed by atoms with Crippen molar-refractivity contribution in [1.29, 1.82) is 0 Å². The van der Waals surface area contributed by atoms with Gasteiger partial charge in [0.2, 0.25) is 5.79 Å². The molecule has 2 aliphatic rings. The summed E-state index contributed by atoms with van der Waals surface area (Å²) in [6.45, 7) is 1.89. The molecule has 2 fully saturated rings. The Morgan fingerprint density at radius 3 is 2.54 bits per heavy atom. The Hall–Kier alpha value is -0.0951. The summed E-state index contributed by atoms with van der Waals surface area (Å²) in [6, 6.07) is -0.457. The van der Waals surface area contributed by atoms with Gasteiger partial charge in [0.1, 0.15) is 26.2 Å². The Morgan fingerprint density at radius 1 is 1.38 bits per heavy atom. The molecule has 2 rings (SSSR count). The highest BCUT2D eigenvalue weighted by Crippen LogP contribution is 2.45. The van der Waals surface area contributed by atoms with Gasteiger partial charge in [-0.05, 0) is 6.92 Å². The van der Waals surface area contributed by atoms with Gasteiger partial charge >= 0.3 is 0 Å². The first-order valence-electron chi connectivity index (χ1n) is 4.32. The molecule has 2 bridgehead atoms. The molecule has 1 unspecified atom stereocenters. The van der Waals surface area contributed by atoms with Crippen LogP contribution in [0.25, 0.3) is 0 Å². The molecule has 13 heavy (non-hydrogen) atoms. The monoisotopic (exact) mass is 184 g/mol. The van der Waals surface area contributed by atoms with Gasteiger partial charge < -0.3 is 18.9 Å². The van der Waals surface area contributed by atoms with E-state index in [4.69, 9.17) is 26.8 Å². The minimum Gasteiger partial charge on any atom is -0.373 e. The van der Waals surface area contributed by atoms with Gasteiger partial charge in [0.05, 0.1) is 0 Å². The van der Waals surface area contributed by atoms with Gasteiger partial charge in [-0.1, -0.05) is 0 Å². The van der Waals surface area contributed by atoms with E-state index in [1.807, 2.05) is 6.92 Å². The molecule has 0 aromatic rings. The maximum atomic E-state index is 5.70. The zero-order valence-electron chi connectivity index (χ0n) is 8.02. The molecule has 0 amide bonds. The Labute approximate surface area is 78.9 Å². The summed E-state index contributed by atoms with van der Waals surface area (Å²) in [4.78, 5) is 0. The van der Waals surface area contributed by atoms with Crippen LogP contribution in [-0.4, -0.2) is 52.2 Å². The van der Waals surface area contributed by atoms with Crippen molar-refractivity contribution in [3.63, 3.8) is 0 Å². The Morgan fingerprint density at radius 2 is 2.08 bits per heavy atom. The van der Waals surface area contributed by atoms with Gasteiger partial charge in [0.25, 0.3) is 0 Å². The van der Waals surface area contributed by atoms with Crippen LogP contribution < -0.4 is 0 Å². The number of hydrogen-bond acceptors (Lipinski definition) is 4. The molecule has 4 nitrogen and oxygen atoms in total. The Kier molecular flexibility index (Phi) is 2.15. The van der Waals surface area contributed by atoms with Gasteiger partial charge in [-0.15, -0.1) is 0 Å². The molecule has 2 heterocycles. The third-order valence-electron chi connectivity index (χ3n) is 2.84. The minimum atomic E-state index is -0.821. The molecule has 2 radical (unpaired) electrons. The first-order valence-corrected chi connectivity index (χ1v) is 4.32. The molecule has 2 aliphatic heterocycles. The zero-order chi connectivity index (χ0) is 9.64. The van der Waals surface area contributed by atoms with Gasteiger partial charge in [-0.25, -0.2) is 0 Å². The second-order valence-electron chi connectivity index (χ2n) is 3.41. The lowest BCUT2D eigenvalue weighted by atomic mass is 9.93. The minimum absolute atomic E-state index is 0.146. The highest BCUT2D eigenvalue weighted by molar-refractivity contribution is 6.11. The summed E-state index contributed by atoms with van der Waals surface area (Å²) in [5, 5.41) is 0. The highest BCUT2D eigenvalue weighted by Gasteiger charge is 2.65. The third-order valence-corrected chi connectivity index (χ3v) is 2.84. The van der Waals surface area contributed by atoms with E-state index in [9.17, 15) is 0 Å². The third kappa shape index (κ3) is 1.02. The smallest absolute Gasteiger partial charge is 0.223 e. The molecular formula is C8H13BO4. The second-order valence-corrected chi connectivity index (χ2v) is 3.41. The number of rotatable bonds is 2. The molecule has 0 saturated carbocycles. The number of fused-ring (bicyclic) bond motifs is 2. The van der Waals surface area contributed by atoms with Crippen LogP contribution in [0.2, 0.25) is 0 Å². The molecule has 0 aliphatic carbocycles. The predicted molar refractivity (Wildman–Crippen MR) is 45.5 cm³/mol. The molecular weight excluding hydrogens is 171 g/mol. The van der Waals surface area contributed by atoms with Crippen LogP contribution in [0.1, 0.15) is 6.92 Å². The molecule has 5 heteroatoms. The molecule has 0 N–H and O–H groups in total. The average Bonchev–Trinajstić information content (AvgIpc) is 2.54. The summed E-state index contributed by atoms with van der Waals surface area (Å²) >= 11 is 0. The zero-order valence-corrected chi connectivity index (χ0v) is 8.02. The van der Waals surface area contributed by atoms with E-state index in [2.05, 4.69) is 0 Å². The lowest BCUT2D eigenvalue weighted by molar-refractivity contribution is -0.280. The van der Waals surface area contributed by atoms with E-state index in [1.165, 1.54) is 0 Å². The first kappa shape index (κ1) is 9.46. The molecule has 0 spiro atoms. The quantitative estimate of drug-likeness (QED) is 0.550. The summed E-state index contributed by atoms with van der Waals surface area (Å²) in [6.07, 6.45) is -0.602. The van der Waals surface area contributed by atoms with Crippen LogP contribution in [0.15, 0.2) is 0 Å². The summed E-state index contributed by atoms with van der Waals surface area (Å²) in [5.74, 6) is -0.821. The Balaban J connectivity index is 2.29. The van der Waals surface area contributed by atoms with Gasteiger partial charge in [-0.2, -0.15) is 0 Å². The normalized spacial score (nSPS) is 54.4. The number of methoxy groups -OCH3 is 2. The van der Waals surface area contributed by atoms with Crippen LogP contribution in [0.3, 0.4) is 0 Å². The van der Waals surface area contributed by atoms with Crippen molar-refractivity contribution in [2.75, 3.05) is 14.2 Å². The van der Waals surface area contributed by atoms with Gasteiger partial charge in [0, 0.05) is 20.2 Å². The fourth-order valence-electron chi connectivity index (χ4n) is 2.18. The van der Waals surface area contributed by atoms with E-state index in [-0.39, 0.29) is 18.3 Å². The Bertz CT molecular complexity index is 212. The largest absolute Gasteiger partial charge is 0.373 e. The lowest BCUT2D eigenvalue weighted by Gasteiger charge is -2.33. The predicted octanol–water partition coefficient (Wildman–Crippen LogP) is -0.344. The van der Waals surface area contributed by atoms with E-state index in [0.29, 0.717) is 0 Å². The standard InChI is InChI=1S/C8H13BO4/c1-4-8(11-3)6(10-2)5(12-4)7(9)13-8/h4-7H,1-3H3/t4-,5+,6?,7-,8+/m1/s1. The van der Waals surface area contributed by atoms with Crippen molar-refractivity contribution < 1.29 is 18.9 Å². The fraction of sp³-hybridized carbons (Fsp3) is 1.00. The lowest BCUT2D eigenvalue weighted by Crippen LogP contribution is -2.48. The topological polar surface area (TPSA) is 36.9 Å². The first-order chi connectivity index (χ1) is 6.15. The maximum Gasteiger partial charge on any atom is 0.223 e. The van der Waals surface area contributed by atoms with E-state index in [1.54, 1.807) is 14.2 Å². The highest BCUT2D eigenvalue weighted by atomic mass is 16.8. The van der Waals surface area contributed by atoms with Crippen molar-refractivity contribution in [3.05, 3.63) is 0 Å². The van der Waals surface area contributed by atoms with E-state index >= 15 is 0 Å². The fourth-order valence-corrected chi connectivity index (χ4v) is 2.18. The molecule has 5 atom stereocenters. The van der Waals surface area contributed by atoms with Crippen LogP contribution in [0, 0.1) is 0 Å². The van der Waals surface area contributed by atoms with E-state index < -0.39 is 11.8 Å². The van der Waals surface area contributed by atoms with Crippen molar-refractivity contribution in [2.24, 2.45) is 0 Å². The number of hydrogen-bond donors (Lipinski definition) is 0. The SMILES string of the molecule is [B][C@@H]1O[C@]2(OC)C(OC)[C@@H]1O[C@@H]2C. The van der Waals surface area contributed by atoms with Crippen LogP contribution >= 0.6 is 0 Å². The molecule has 2 saturated heterocycles. The van der Waals surface area contributed by atoms with Gasteiger partial charge in [-0.3, -0.25) is 0 Å². The molecule has 72 valence electrons. The maximum absolute atomic E-state index is 5.70. The molecule has 0 aromatic carbocycles. The average molecular weight is 184 g/mol.